The first-order valence-corrected chi connectivity index (χ1v) is 14.2. The van der Waals surface area contributed by atoms with Gasteiger partial charge < -0.3 is 69.6 Å². The molecule has 1 aromatic rings. The average molecular weight is 625 g/mol. The van der Waals surface area contributed by atoms with Crippen molar-refractivity contribution < 1.29 is 69.6 Å². The highest BCUT2D eigenvalue weighted by Crippen LogP contribution is 2.26. The molecular formula is C29H52O14. The van der Waals surface area contributed by atoms with Gasteiger partial charge in [0, 0.05) is 0 Å². The molecule has 0 saturated heterocycles. The standard InChI is InChI=1S/C29H52O14/c30-9-26(10-31,11-32)18-41-22-29(23-42-19-27(12-33,13-34)14-35,24-43-20-28(15-36,16-37)17-38)21-40-7-6-39-8-25-4-2-1-3-5-25/h1-5,30-38H,6-24H2. The van der Waals surface area contributed by atoms with E-state index in [1.54, 1.807) is 0 Å². The highest BCUT2D eigenvalue weighted by molar-refractivity contribution is 5.13. The van der Waals surface area contributed by atoms with Gasteiger partial charge in [0.2, 0.25) is 0 Å². The minimum Gasteiger partial charge on any atom is -0.396 e. The van der Waals surface area contributed by atoms with Gasteiger partial charge in [-0.2, -0.15) is 0 Å². The molecule has 0 aliphatic rings. The molecule has 0 fully saturated rings. The van der Waals surface area contributed by atoms with Crippen LogP contribution in [0.4, 0.5) is 0 Å². The summed E-state index contributed by atoms with van der Waals surface area (Å²) in [6.45, 7) is -5.31. The molecule has 14 nitrogen and oxygen atoms in total. The number of rotatable bonds is 28. The molecule has 252 valence electrons. The highest BCUT2D eigenvalue weighted by atomic mass is 16.5. The molecule has 9 N–H and O–H groups in total. The summed E-state index contributed by atoms with van der Waals surface area (Å²) in [5.41, 5.74) is -4.09. The van der Waals surface area contributed by atoms with Gasteiger partial charge in [-0.3, -0.25) is 0 Å². The van der Waals surface area contributed by atoms with Crippen LogP contribution in [0.1, 0.15) is 5.56 Å². The van der Waals surface area contributed by atoms with Crippen molar-refractivity contribution in [3.63, 3.8) is 0 Å². The zero-order valence-electron chi connectivity index (χ0n) is 24.9. The van der Waals surface area contributed by atoms with Crippen LogP contribution in [-0.2, 0) is 30.3 Å². The van der Waals surface area contributed by atoms with E-state index >= 15 is 0 Å². The molecule has 14 heteroatoms. The Morgan fingerprint density at radius 2 is 0.674 bits per heavy atom. The lowest BCUT2D eigenvalue weighted by molar-refractivity contribution is -0.153. The number of hydrogen-bond acceptors (Lipinski definition) is 14. The summed E-state index contributed by atoms with van der Waals surface area (Å²) in [5, 5.41) is 87.4. The van der Waals surface area contributed by atoms with E-state index in [9.17, 15) is 46.0 Å². The molecule has 1 aromatic carbocycles. The predicted molar refractivity (Wildman–Crippen MR) is 153 cm³/mol. The maximum atomic E-state index is 9.71. The number of ether oxygens (including phenoxy) is 5. The van der Waals surface area contributed by atoms with Crippen molar-refractivity contribution >= 4 is 0 Å². The second-order valence-corrected chi connectivity index (χ2v) is 11.5. The van der Waals surface area contributed by atoms with Crippen LogP contribution in [0.3, 0.4) is 0 Å². The van der Waals surface area contributed by atoms with Crippen LogP contribution in [0.5, 0.6) is 0 Å². The maximum absolute atomic E-state index is 9.71. The predicted octanol–water partition coefficient (Wildman–Crippen LogP) is -2.85. The lowest BCUT2D eigenvalue weighted by atomic mass is 9.89. The van der Waals surface area contributed by atoms with Gasteiger partial charge >= 0.3 is 0 Å². The van der Waals surface area contributed by atoms with Crippen LogP contribution < -0.4 is 0 Å². The molecule has 0 amide bonds. The van der Waals surface area contributed by atoms with Gasteiger partial charge in [0.05, 0.1) is 147 Å². The second-order valence-electron chi connectivity index (χ2n) is 11.5. The van der Waals surface area contributed by atoms with Crippen molar-refractivity contribution in [1.82, 2.24) is 0 Å². The molecule has 0 aliphatic heterocycles. The summed E-state index contributed by atoms with van der Waals surface area (Å²) < 4.78 is 29.1. The Bertz CT molecular complexity index is 710. The average Bonchev–Trinajstić information content (AvgIpc) is 3.06. The Kier molecular flexibility index (Phi) is 19.8. The zero-order valence-corrected chi connectivity index (χ0v) is 24.9. The Morgan fingerprint density at radius 3 is 1.02 bits per heavy atom. The second kappa shape index (κ2) is 21.4. The van der Waals surface area contributed by atoms with Gasteiger partial charge in [-0.25, -0.2) is 0 Å². The van der Waals surface area contributed by atoms with Gasteiger partial charge in [0.15, 0.2) is 0 Å². The van der Waals surface area contributed by atoms with Crippen molar-refractivity contribution in [2.75, 3.05) is 119 Å². The van der Waals surface area contributed by atoms with Gasteiger partial charge in [0.1, 0.15) is 0 Å². The molecule has 0 radical (unpaired) electrons. The molecule has 0 aromatic heterocycles. The number of aliphatic hydroxyl groups excluding tert-OH is 9. The van der Waals surface area contributed by atoms with Crippen molar-refractivity contribution in [2.45, 2.75) is 6.61 Å². The van der Waals surface area contributed by atoms with E-state index in [1.165, 1.54) is 0 Å². The smallest absolute Gasteiger partial charge is 0.0718 e. The molecule has 43 heavy (non-hydrogen) atoms. The number of aliphatic hydroxyl groups is 9. The zero-order chi connectivity index (χ0) is 32.1. The summed E-state index contributed by atoms with van der Waals surface area (Å²) >= 11 is 0. The van der Waals surface area contributed by atoms with E-state index in [0.717, 1.165) is 5.56 Å². The molecule has 0 unspecified atom stereocenters. The quantitative estimate of drug-likeness (QED) is 0.0428. The first kappa shape index (κ1) is 39.7. The van der Waals surface area contributed by atoms with Crippen LogP contribution in [0.25, 0.3) is 0 Å². The monoisotopic (exact) mass is 624 g/mol. The highest BCUT2D eigenvalue weighted by Gasteiger charge is 2.38. The Hall–Kier alpha value is -1.34. The van der Waals surface area contributed by atoms with Crippen LogP contribution in [0.2, 0.25) is 0 Å². The lowest BCUT2D eigenvalue weighted by Crippen LogP contribution is -2.47. The molecule has 0 saturated carbocycles. The molecule has 0 aliphatic carbocycles. The molecule has 1 rings (SSSR count). The third-order valence-electron chi connectivity index (χ3n) is 7.36. The van der Waals surface area contributed by atoms with Gasteiger partial charge in [-0.1, -0.05) is 30.3 Å². The minimum absolute atomic E-state index is 0.0409. The van der Waals surface area contributed by atoms with Crippen LogP contribution >= 0.6 is 0 Å². The van der Waals surface area contributed by atoms with Crippen molar-refractivity contribution in [3.8, 4) is 0 Å². The van der Waals surface area contributed by atoms with Crippen LogP contribution in [0.15, 0.2) is 30.3 Å². The summed E-state index contributed by atoms with van der Waals surface area (Å²) in [7, 11) is 0. The number of benzene rings is 1. The van der Waals surface area contributed by atoms with Crippen molar-refractivity contribution in [2.24, 2.45) is 21.7 Å². The molecule has 0 spiro atoms. The van der Waals surface area contributed by atoms with Crippen LogP contribution in [-0.4, -0.2) is 165 Å². The van der Waals surface area contributed by atoms with Crippen molar-refractivity contribution in [3.05, 3.63) is 35.9 Å². The summed E-state index contributed by atoms with van der Waals surface area (Å²) in [6.07, 6.45) is 0. The van der Waals surface area contributed by atoms with E-state index in [-0.39, 0.29) is 59.5 Å². The lowest BCUT2D eigenvalue weighted by Gasteiger charge is -2.37. The molecule has 0 heterocycles. The van der Waals surface area contributed by atoms with E-state index in [2.05, 4.69) is 0 Å². The number of hydrogen-bond donors (Lipinski definition) is 9. The van der Waals surface area contributed by atoms with Crippen molar-refractivity contribution in [1.29, 1.82) is 0 Å². The topological polar surface area (TPSA) is 228 Å². The Labute approximate surface area is 253 Å². The van der Waals surface area contributed by atoms with E-state index in [4.69, 9.17) is 23.7 Å². The first-order valence-electron chi connectivity index (χ1n) is 14.2. The van der Waals surface area contributed by atoms with Crippen LogP contribution in [0, 0.1) is 21.7 Å². The maximum Gasteiger partial charge on any atom is 0.0718 e. The van der Waals surface area contributed by atoms with E-state index in [1.807, 2.05) is 30.3 Å². The largest absolute Gasteiger partial charge is 0.396 e. The molecule has 0 bridgehead atoms. The normalized spacial score (nSPS) is 13.1. The first-order chi connectivity index (χ1) is 20.7. The Balaban J connectivity index is 3.07. The van der Waals surface area contributed by atoms with Gasteiger partial charge in [-0.05, 0) is 5.56 Å². The summed E-state index contributed by atoms with van der Waals surface area (Å²) in [4.78, 5) is 0. The molecule has 0 atom stereocenters. The minimum atomic E-state index is -1.32. The third-order valence-corrected chi connectivity index (χ3v) is 7.36. The van der Waals surface area contributed by atoms with Gasteiger partial charge in [-0.15, -0.1) is 0 Å². The van der Waals surface area contributed by atoms with Gasteiger partial charge in [0.25, 0.3) is 0 Å². The van der Waals surface area contributed by atoms with E-state index < -0.39 is 81.1 Å². The fourth-order valence-corrected chi connectivity index (χ4v) is 3.73. The molecular weight excluding hydrogens is 572 g/mol. The fraction of sp³-hybridized carbons (Fsp3) is 0.793. The SMILES string of the molecule is OCC(CO)(CO)COCC(COCCOCc1ccccc1)(COCC(CO)(CO)CO)COCC(CO)(CO)CO. The summed E-state index contributed by atoms with van der Waals surface area (Å²) in [5.74, 6) is 0. The summed E-state index contributed by atoms with van der Waals surface area (Å²) in [6, 6.07) is 9.57. The fourth-order valence-electron chi connectivity index (χ4n) is 3.73. The third kappa shape index (κ3) is 13.3. The van der Waals surface area contributed by atoms with E-state index in [0.29, 0.717) is 6.61 Å². The Morgan fingerprint density at radius 1 is 0.372 bits per heavy atom.